The van der Waals surface area contributed by atoms with E-state index in [0.717, 1.165) is 29.9 Å². The van der Waals surface area contributed by atoms with Gasteiger partial charge in [-0.15, -0.1) is 10.2 Å². The number of carbonyl (C=O) groups is 1. The molecule has 3 N–H and O–H groups in total. The molecule has 112 valence electrons. The van der Waals surface area contributed by atoms with Gasteiger partial charge in [0.2, 0.25) is 11.1 Å². The molecule has 0 fully saturated rings. The molecule has 1 aromatic heterocycles. The first-order valence-corrected chi connectivity index (χ1v) is 7.77. The number of nitrogens with two attached hydrogens (primary N) is 1. The van der Waals surface area contributed by atoms with Crippen LogP contribution in [-0.2, 0) is 11.2 Å². The Hall–Kier alpha value is -2.02. The second kappa shape index (κ2) is 7.12. The Morgan fingerprint density at radius 3 is 2.95 bits per heavy atom. The number of hydrogen-bond acceptors (Lipinski definition) is 5. The van der Waals surface area contributed by atoms with Crippen molar-refractivity contribution in [2.45, 2.75) is 31.8 Å². The van der Waals surface area contributed by atoms with E-state index in [-0.39, 0.29) is 11.7 Å². The van der Waals surface area contributed by atoms with E-state index in [1.165, 1.54) is 16.4 Å². The van der Waals surface area contributed by atoms with Crippen LogP contribution in [0.1, 0.15) is 24.7 Å². The van der Waals surface area contributed by atoms with E-state index >= 15 is 0 Å². The minimum atomic E-state index is -0.0920. The fourth-order valence-corrected chi connectivity index (χ4v) is 2.53. The van der Waals surface area contributed by atoms with Crippen LogP contribution in [0.2, 0.25) is 0 Å². The van der Waals surface area contributed by atoms with Gasteiger partial charge in [-0.1, -0.05) is 30.8 Å². The summed E-state index contributed by atoms with van der Waals surface area (Å²) in [5.41, 5.74) is 1.90. The van der Waals surface area contributed by atoms with Crippen LogP contribution in [-0.4, -0.2) is 26.5 Å². The van der Waals surface area contributed by atoms with Crippen LogP contribution in [0, 0.1) is 6.92 Å². The molecule has 0 aliphatic rings. The highest BCUT2D eigenvalue weighted by Gasteiger charge is 2.11. The summed E-state index contributed by atoms with van der Waals surface area (Å²) >= 11 is 1.28. The topological polar surface area (TPSA) is 85.8 Å². The van der Waals surface area contributed by atoms with Gasteiger partial charge in [-0.05, 0) is 31.0 Å². The fourth-order valence-electron chi connectivity index (χ4n) is 1.85. The fraction of sp³-hybridized carbons (Fsp3) is 0.357. The average Bonchev–Trinajstić information content (AvgIpc) is 2.78. The highest BCUT2D eigenvalue weighted by molar-refractivity contribution is 7.99. The molecule has 0 aliphatic carbocycles. The van der Waals surface area contributed by atoms with Crippen molar-refractivity contribution < 1.29 is 4.79 Å². The van der Waals surface area contributed by atoms with Crippen molar-refractivity contribution in [1.29, 1.82) is 0 Å². The number of aromatic nitrogens is 3. The Labute approximate surface area is 128 Å². The van der Waals surface area contributed by atoms with Crippen molar-refractivity contribution in [3.63, 3.8) is 0 Å². The molecule has 1 heterocycles. The summed E-state index contributed by atoms with van der Waals surface area (Å²) in [6.45, 7) is 4.04. The highest BCUT2D eigenvalue weighted by atomic mass is 32.2. The van der Waals surface area contributed by atoms with Crippen LogP contribution in [0.25, 0.3) is 0 Å². The lowest BCUT2D eigenvalue weighted by molar-refractivity contribution is -0.113. The van der Waals surface area contributed by atoms with E-state index in [1.54, 1.807) is 0 Å². The van der Waals surface area contributed by atoms with Gasteiger partial charge in [0.1, 0.15) is 0 Å². The zero-order chi connectivity index (χ0) is 15.2. The molecule has 21 heavy (non-hydrogen) atoms. The predicted octanol–water partition coefficient (Wildman–Crippen LogP) is 1.98. The second-order valence-corrected chi connectivity index (χ2v) is 5.67. The number of thioether (sulfide) groups is 1. The van der Waals surface area contributed by atoms with Gasteiger partial charge in [0, 0.05) is 12.1 Å². The van der Waals surface area contributed by atoms with Gasteiger partial charge in [0.25, 0.3) is 0 Å². The van der Waals surface area contributed by atoms with Gasteiger partial charge in [-0.25, -0.2) is 4.68 Å². The first-order valence-electron chi connectivity index (χ1n) is 6.79. The lowest BCUT2D eigenvalue weighted by Crippen LogP contribution is -2.17. The third kappa shape index (κ3) is 4.22. The van der Waals surface area contributed by atoms with Crippen molar-refractivity contribution >= 4 is 23.4 Å². The lowest BCUT2D eigenvalue weighted by atomic mass is 10.2. The molecule has 2 aromatic rings. The van der Waals surface area contributed by atoms with Crippen molar-refractivity contribution in [2.75, 3.05) is 16.9 Å². The molecular weight excluding hydrogens is 286 g/mol. The summed E-state index contributed by atoms with van der Waals surface area (Å²) in [6.07, 6.45) is 1.73. The molecule has 0 atom stereocenters. The second-order valence-electron chi connectivity index (χ2n) is 4.73. The van der Waals surface area contributed by atoms with Crippen LogP contribution in [0.5, 0.6) is 0 Å². The quantitative estimate of drug-likeness (QED) is 0.629. The Bertz CT molecular complexity index is 626. The summed E-state index contributed by atoms with van der Waals surface area (Å²) in [5, 5.41) is 11.4. The number of nitrogens with one attached hydrogen (secondary N) is 1. The minimum Gasteiger partial charge on any atom is -0.336 e. The van der Waals surface area contributed by atoms with Crippen LogP contribution >= 0.6 is 11.8 Å². The molecule has 0 bridgehead atoms. The molecule has 6 nitrogen and oxygen atoms in total. The first kappa shape index (κ1) is 15.4. The van der Waals surface area contributed by atoms with Gasteiger partial charge in [-0.3, -0.25) is 4.79 Å². The maximum absolute atomic E-state index is 11.9. The number of hydrogen-bond donors (Lipinski definition) is 2. The van der Waals surface area contributed by atoms with Crippen LogP contribution in [0.4, 0.5) is 5.69 Å². The smallest absolute Gasteiger partial charge is 0.234 e. The first-order chi connectivity index (χ1) is 10.1. The number of benzene rings is 1. The van der Waals surface area contributed by atoms with Crippen LogP contribution in [0.15, 0.2) is 29.4 Å². The highest BCUT2D eigenvalue weighted by Crippen LogP contribution is 2.16. The molecule has 7 heteroatoms. The summed E-state index contributed by atoms with van der Waals surface area (Å²) in [7, 11) is 0. The summed E-state index contributed by atoms with van der Waals surface area (Å²) in [6, 6.07) is 7.68. The Balaban J connectivity index is 1.89. The standard InChI is InChI=1S/C14H19N5OS/c1-3-5-12-17-18-14(19(12)15)21-9-13(20)16-11-7-4-6-10(2)8-11/h4,6-8H,3,5,9,15H2,1-2H3,(H,16,20). The molecule has 0 saturated carbocycles. The molecule has 1 amide bonds. The van der Waals surface area contributed by atoms with Crippen LogP contribution < -0.4 is 11.2 Å². The van der Waals surface area contributed by atoms with Gasteiger partial charge in [0.05, 0.1) is 5.75 Å². The molecule has 0 spiro atoms. The van der Waals surface area contributed by atoms with Gasteiger partial charge in [-0.2, -0.15) is 0 Å². The zero-order valence-electron chi connectivity index (χ0n) is 12.2. The van der Waals surface area contributed by atoms with E-state index < -0.39 is 0 Å². The van der Waals surface area contributed by atoms with Crippen molar-refractivity contribution in [3.8, 4) is 0 Å². The maximum Gasteiger partial charge on any atom is 0.234 e. The predicted molar refractivity (Wildman–Crippen MR) is 84.7 cm³/mol. The third-order valence-corrected chi connectivity index (χ3v) is 3.79. The van der Waals surface area contributed by atoms with Crippen molar-refractivity contribution in [3.05, 3.63) is 35.7 Å². The number of rotatable bonds is 6. The van der Waals surface area contributed by atoms with Crippen molar-refractivity contribution in [1.82, 2.24) is 14.9 Å². The van der Waals surface area contributed by atoms with Gasteiger partial charge < -0.3 is 11.2 Å². The number of aryl methyl sites for hydroxylation is 2. The number of carbonyl (C=O) groups excluding carboxylic acids is 1. The minimum absolute atomic E-state index is 0.0920. The molecule has 0 aliphatic heterocycles. The maximum atomic E-state index is 11.9. The molecule has 0 saturated heterocycles. The molecule has 0 radical (unpaired) electrons. The van der Waals surface area contributed by atoms with E-state index in [0.29, 0.717) is 5.16 Å². The van der Waals surface area contributed by atoms with Gasteiger partial charge in [0.15, 0.2) is 5.82 Å². The monoisotopic (exact) mass is 305 g/mol. The van der Waals surface area contributed by atoms with Crippen molar-refractivity contribution in [2.24, 2.45) is 0 Å². The Morgan fingerprint density at radius 2 is 2.24 bits per heavy atom. The lowest BCUT2D eigenvalue weighted by Gasteiger charge is -2.06. The Kier molecular flexibility index (Phi) is 5.21. The van der Waals surface area contributed by atoms with E-state index in [2.05, 4.69) is 22.4 Å². The summed E-state index contributed by atoms with van der Waals surface area (Å²) in [4.78, 5) is 11.9. The van der Waals surface area contributed by atoms with Gasteiger partial charge >= 0.3 is 0 Å². The van der Waals surface area contributed by atoms with E-state index in [1.807, 2.05) is 31.2 Å². The average molecular weight is 305 g/mol. The SMILES string of the molecule is CCCc1nnc(SCC(=O)Nc2cccc(C)c2)n1N. The summed E-state index contributed by atoms with van der Waals surface area (Å²) in [5.74, 6) is 6.78. The summed E-state index contributed by atoms with van der Waals surface area (Å²) < 4.78 is 1.45. The number of anilines is 1. The number of nitrogens with zero attached hydrogens (tertiary/aromatic N) is 3. The molecule has 0 unspecified atom stereocenters. The van der Waals surface area contributed by atoms with Crippen LogP contribution in [0.3, 0.4) is 0 Å². The number of nitrogen functional groups attached to an aromatic ring is 1. The van der Waals surface area contributed by atoms with E-state index in [9.17, 15) is 4.79 Å². The van der Waals surface area contributed by atoms with E-state index in [4.69, 9.17) is 5.84 Å². The third-order valence-electron chi connectivity index (χ3n) is 2.84. The molecule has 1 aromatic carbocycles. The zero-order valence-corrected chi connectivity index (χ0v) is 13.0. The molecule has 2 rings (SSSR count). The molecular formula is C14H19N5OS. The largest absolute Gasteiger partial charge is 0.336 e. The Morgan fingerprint density at radius 1 is 1.43 bits per heavy atom. The normalized spacial score (nSPS) is 10.6. The number of amides is 1.